The Morgan fingerprint density at radius 1 is 1.05 bits per heavy atom. The highest BCUT2D eigenvalue weighted by Crippen LogP contribution is 2.34. The van der Waals surface area contributed by atoms with Gasteiger partial charge >= 0.3 is 0 Å². The topological polar surface area (TPSA) is 46.2 Å². The Labute approximate surface area is 119 Å². The highest BCUT2D eigenvalue weighted by Gasteiger charge is 2.28. The van der Waals surface area contributed by atoms with Crippen LogP contribution in [0.2, 0.25) is 0 Å². The fourth-order valence-corrected chi connectivity index (χ4v) is 6.12. The van der Waals surface area contributed by atoms with Crippen molar-refractivity contribution in [1.29, 1.82) is 0 Å². The van der Waals surface area contributed by atoms with Crippen molar-refractivity contribution in [2.24, 2.45) is 0 Å². The number of thiophene rings is 1. The molecule has 0 saturated heterocycles. The lowest BCUT2D eigenvalue weighted by molar-refractivity contribution is 0.486. The molecule has 3 nitrogen and oxygen atoms in total. The van der Waals surface area contributed by atoms with E-state index in [-0.39, 0.29) is 5.25 Å². The first-order valence-corrected chi connectivity index (χ1v) is 9.65. The largest absolute Gasteiger partial charge is 0.274 e. The van der Waals surface area contributed by atoms with Crippen molar-refractivity contribution in [3.05, 3.63) is 16.5 Å². The summed E-state index contributed by atoms with van der Waals surface area (Å²) in [5.41, 5.74) is 1.36. The molecular weight excluding hydrogens is 278 g/mol. The Balaban J connectivity index is 1.74. The highest BCUT2D eigenvalue weighted by atomic mass is 32.2. The van der Waals surface area contributed by atoms with Gasteiger partial charge in [-0.3, -0.25) is 4.72 Å². The number of aryl methyl sites for hydroxylation is 2. The van der Waals surface area contributed by atoms with Gasteiger partial charge < -0.3 is 0 Å². The van der Waals surface area contributed by atoms with Gasteiger partial charge in [-0.2, -0.15) is 0 Å². The van der Waals surface area contributed by atoms with Gasteiger partial charge in [0.2, 0.25) is 10.0 Å². The first-order chi connectivity index (χ1) is 9.15. The van der Waals surface area contributed by atoms with Crippen LogP contribution in [0.5, 0.6) is 0 Å². The van der Waals surface area contributed by atoms with Crippen LogP contribution in [0.3, 0.4) is 0 Å². The summed E-state index contributed by atoms with van der Waals surface area (Å²) >= 11 is 1.64. The molecule has 0 aromatic carbocycles. The molecule has 1 saturated carbocycles. The molecule has 0 spiro atoms. The third-order valence-corrected chi connectivity index (χ3v) is 7.37. The molecule has 0 unspecified atom stereocenters. The minimum Gasteiger partial charge on any atom is -0.274 e. The smallest absolute Gasteiger partial charge is 0.236 e. The van der Waals surface area contributed by atoms with E-state index in [1.165, 1.54) is 29.7 Å². The number of sulfonamides is 1. The van der Waals surface area contributed by atoms with Crippen molar-refractivity contribution < 1.29 is 8.42 Å². The molecule has 5 heteroatoms. The van der Waals surface area contributed by atoms with Crippen LogP contribution in [-0.4, -0.2) is 13.7 Å². The highest BCUT2D eigenvalue weighted by molar-refractivity contribution is 7.93. The number of hydrogen-bond donors (Lipinski definition) is 1. The molecule has 1 fully saturated rings. The molecule has 19 heavy (non-hydrogen) atoms. The van der Waals surface area contributed by atoms with Crippen LogP contribution in [-0.2, 0) is 22.9 Å². The summed E-state index contributed by atoms with van der Waals surface area (Å²) in [7, 11) is -3.18. The lowest BCUT2D eigenvalue weighted by Gasteiger charge is -2.21. The first kappa shape index (κ1) is 13.4. The van der Waals surface area contributed by atoms with Gasteiger partial charge in [-0.15, -0.1) is 11.3 Å². The molecule has 3 rings (SSSR count). The molecule has 0 amide bonds. The number of anilines is 1. The van der Waals surface area contributed by atoms with E-state index in [0.717, 1.165) is 43.5 Å². The first-order valence-electron chi connectivity index (χ1n) is 7.28. The lowest BCUT2D eigenvalue weighted by Crippen LogP contribution is -2.29. The summed E-state index contributed by atoms with van der Waals surface area (Å²) < 4.78 is 27.6. The number of hydrogen-bond acceptors (Lipinski definition) is 3. The zero-order chi connectivity index (χ0) is 13.3. The standard InChI is InChI=1S/C14H21NO2S2/c16-19(17,12-7-2-1-3-8-12)15-14-10-11-6-4-5-9-13(11)18-14/h10,12,15H,1-9H2. The Bertz CT molecular complexity index is 518. The van der Waals surface area contributed by atoms with Gasteiger partial charge in [-0.25, -0.2) is 8.42 Å². The summed E-state index contributed by atoms with van der Waals surface area (Å²) in [5.74, 6) is 0. The van der Waals surface area contributed by atoms with Crippen molar-refractivity contribution in [2.45, 2.75) is 63.0 Å². The van der Waals surface area contributed by atoms with E-state index in [1.807, 2.05) is 0 Å². The van der Waals surface area contributed by atoms with Crippen molar-refractivity contribution in [1.82, 2.24) is 0 Å². The minimum atomic E-state index is -3.18. The predicted molar refractivity (Wildman–Crippen MR) is 80.4 cm³/mol. The molecule has 2 aliphatic rings. The van der Waals surface area contributed by atoms with Gasteiger partial charge in [0.05, 0.1) is 5.25 Å². The van der Waals surface area contributed by atoms with Crippen molar-refractivity contribution in [3.8, 4) is 0 Å². The van der Waals surface area contributed by atoms with E-state index in [0.29, 0.717) is 0 Å². The van der Waals surface area contributed by atoms with Crippen LogP contribution in [0, 0.1) is 0 Å². The lowest BCUT2D eigenvalue weighted by atomic mass is 10.00. The number of nitrogens with one attached hydrogen (secondary N) is 1. The van der Waals surface area contributed by atoms with E-state index in [1.54, 1.807) is 11.3 Å². The Hall–Kier alpha value is -0.550. The van der Waals surface area contributed by atoms with E-state index in [2.05, 4.69) is 10.8 Å². The monoisotopic (exact) mass is 299 g/mol. The van der Waals surface area contributed by atoms with E-state index in [4.69, 9.17) is 0 Å². The second-order valence-corrected chi connectivity index (χ2v) is 8.77. The molecule has 0 bridgehead atoms. The molecule has 2 aliphatic carbocycles. The summed E-state index contributed by atoms with van der Waals surface area (Å²) in [5, 5.41) is 0.651. The third kappa shape index (κ3) is 2.97. The van der Waals surface area contributed by atoms with Gasteiger partial charge in [0, 0.05) is 4.88 Å². The van der Waals surface area contributed by atoms with Gasteiger partial charge in [-0.1, -0.05) is 19.3 Å². The van der Waals surface area contributed by atoms with Crippen LogP contribution < -0.4 is 4.72 Å². The number of fused-ring (bicyclic) bond motifs is 1. The Morgan fingerprint density at radius 2 is 1.79 bits per heavy atom. The average Bonchev–Trinajstić information content (AvgIpc) is 2.81. The summed E-state index contributed by atoms with van der Waals surface area (Å²) in [4.78, 5) is 1.38. The van der Waals surface area contributed by atoms with Crippen molar-refractivity contribution in [3.63, 3.8) is 0 Å². The van der Waals surface area contributed by atoms with Crippen LogP contribution in [0.1, 0.15) is 55.4 Å². The summed E-state index contributed by atoms with van der Waals surface area (Å²) in [6, 6.07) is 2.06. The minimum absolute atomic E-state index is 0.180. The van der Waals surface area contributed by atoms with Gasteiger partial charge in [0.15, 0.2) is 0 Å². The second-order valence-electron chi connectivity index (χ2n) is 5.67. The maximum absolute atomic E-state index is 12.4. The fraction of sp³-hybridized carbons (Fsp3) is 0.714. The van der Waals surface area contributed by atoms with Crippen molar-refractivity contribution >= 4 is 26.4 Å². The quantitative estimate of drug-likeness (QED) is 0.925. The molecular formula is C14H21NO2S2. The fourth-order valence-electron chi connectivity index (χ4n) is 3.14. The van der Waals surface area contributed by atoms with Crippen molar-refractivity contribution in [2.75, 3.05) is 4.72 Å². The summed E-state index contributed by atoms with van der Waals surface area (Å²) in [6.07, 6.45) is 9.61. The SMILES string of the molecule is O=S(=O)(Nc1cc2c(s1)CCCC2)C1CCCCC1. The third-order valence-electron chi connectivity index (χ3n) is 4.23. The number of rotatable bonds is 3. The molecule has 0 atom stereocenters. The van der Waals surface area contributed by atoms with Crippen LogP contribution in [0.4, 0.5) is 5.00 Å². The Kier molecular flexibility index (Phi) is 3.85. The van der Waals surface area contributed by atoms with Crippen LogP contribution >= 0.6 is 11.3 Å². The average molecular weight is 299 g/mol. The molecule has 106 valence electrons. The maximum atomic E-state index is 12.4. The predicted octanol–water partition coefficient (Wildman–Crippen LogP) is 3.70. The second kappa shape index (κ2) is 5.44. The molecule has 0 radical (unpaired) electrons. The molecule has 1 N–H and O–H groups in total. The zero-order valence-corrected chi connectivity index (χ0v) is 12.8. The molecule has 1 aromatic rings. The van der Waals surface area contributed by atoms with E-state index in [9.17, 15) is 8.42 Å². The van der Waals surface area contributed by atoms with Gasteiger partial charge in [-0.05, 0) is 50.2 Å². The van der Waals surface area contributed by atoms with Crippen LogP contribution in [0.15, 0.2) is 6.07 Å². The maximum Gasteiger partial charge on any atom is 0.236 e. The molecule has 1 heterocycles. The van der Waals surface area contributed by atoms with Gasteiger partial charge in [0.1, 0.15) is 5.00 Å². The van der Waals surface area contributed by atoms with Gasteiger partial charge in [0.25, 0.3) is 0 Å². The summed E-state index contributed by atoms with van der Waals surface area (Å²) in [6.45, 7) is 0. The van der Waals surface area contributed by atoms with Crippen LogP contribution in [0.25, 0.3) is 0 Å². The van der Waals surface area contributed by atoms with E-state index < -0.39 is 10.0 Å². The molecule has 0 aliphatic heterocycles. The Morgan fingerprint density at radius 3 is 2.53 bits per heavy atom. The van der Waals surface area contributed by atoms with E-state index >= 15 is 0 Å². The zero-order valence-electron chi connectivity index (χ0n) is 11.2. The molecule has 1 aromatic heterocycles. The normalized spacial score (nSPS) is 21.1.